The monoisotopic (exact) mass is 521 g/mol. The maximum Gasteiger partial charge on any atom is 0.342 e. The molecule has 1 fully saturated rings. The molecular weight excluding hydrogens is 494 g/mol. The molecule has 3 rings (SSSR count). The van der Waals surface area contributed by atoms with Crippen LogP contribution in [0.2, 0.25) is 0 Å². The Hall–Kier alpha value is -2.16. The third-order valence-corrected chi connectivity index (χ3v) is 7.86. The molecule has 172 valence electrons. The molecule has 1 aliphatic rings. The molecule has 0 unspecified atom stereocenters. The maximum absolute atomic E-state index is 13.4. The molecule has 0 spiro atoms. The van der Waals surface area contributed by atoms with Crippen LogP contribution in [0.1, 0.15) is 40.7 Å². The molecule has 8 heteroatoms. The second-order valence-electron chi connectivity index (χ2n) is 7.67. The summed E-state index contributed by atoms with van der Waals surface area (Å²) in [6.07, 6.45) is 7.57. The van der Waals surface area contributed by atoms with Crippen LogP contribution in [0.3, 0.4) is 0 Å². The van der Waals surface area contributed by atoms with Gasteiger partial charge >= 0.3 is 5.97 Å². The number of benzene rings is 2. The van der Waals surface area contributed by atoms with E-state index in [1.807, 2.05) is 18.2 Å². The first-order valence-corrected chi connectivity index (χ1v) is 13.0. The number of hydrogen-bond donors (Lipinski definition) is 0. The molecule has 1 aliphatic heterocycles. The van der Waals surface area contributed by atoms with Crippen molar-refractivity contribution in [2.24, 2.45) is 0 Å². The maximum atomic E-state index is 13.4. The fraction of sp³-hybridized carbons (Fsp3) is 0.375. The third kappa shape index (κ3) is 5.79. The number of carbonyl (C=O) groups is 1. The van der Waals surface area contributed by atoms with E-state index in [-0.39, 0.29) is 22.0 Å². The number of halogens is 1. The van der Waals surface area contributed by atoms with Gasteiger partial charge < -0.3 is 9.47 Å². The minimum absolute atomic E-state index is 0.103. The number of sulfone groups is 1. The van der Waals surface area contributed by atoms with Crippen molar-refractivity contribution < 1.29 is 22.7 Å². The highest BCUT2D eigenvalue weighted by Crippen LogP contribution is 2.34. The highest BCUT2D eigenvalue weighted by Gasteiger charge is 2.26. The minimum Gasteiger partial charge on any atom is -0.495 e. The second-order valence-corrected chi connectivity index (χ2v) is 10.5. The first-order chi connectivity index (χ1) is 15.4. The van der Waals surface area contributed by atoms with Gasteiger partial charge in [-0.25, -0.2) is 13.2 Å². The van der Waals surface area contributed by atoms with Gasteiger partial charge in [0.25, 0.3) is 0 Å². The van der Waals surface area contributed by atoms with Crippen LogP contribution in [0.25, 0.3) is 6.08 Å². The van der Waals surface area contributed by atoms with Crippen molar-refractivity contribution in [1.82, 2.24) is 4.90 Å². The standard InChI is InChI=1S/C24H28BrNO5S/c1-30-23-20(25)13-12-19(22(23)24(27)31-2)17-32(28,29)21-11-5-4-9-18(21)10-8-16-26-14-6-3-7-15-26/h4-5,8-13H,3,6-7,14-17H2,1-2H3/b10-8-. The number of ether oxygens (including phenoxy) is 2. The zero-order valence-corrected chi connectivity index (χ0v) is 20.7. The van der Waals surface area contributed by atoms with Gasteiger partial charge in [-0.2, -0.15) is 0 Å². The molecule has 2 aromatic carbocycles. The Labute approximate surface area is 198 Å². The van der Waals surface area contributed by atoms with Crippen LogP contribution in [-0.4, -0.2) is 53.1 Å². The summed E-state index contributed by atoms with van der Waals surface area (Å²) in [5, 5.41) is 0. The Morgan fingerprint density at radius 1 is 1.09 bits per heavy atom. The number of esters is 1. The summed E-state index contributed by atoms with van der Waals surface area (Å²) in [7, 11) is -1.07. The van der Waals surface area contributed by atoms with Gasteiger partial charge in [0.2, 0.25) is 0 Å². The molecule has 0 aliphatic carbocycles. The Kier molecular flexibility index (Phi) is 8.51. The van der Waals surface area contributed by atoms with E-state index in [1.165, 1.54) is 33.5 Å². The van der Waals surface area contributed by atoms with E-state index in [0.29, 0.717) is 15.6 Å². The van der Waals surface area contributed by atoms with E-state index in [0.717, 1.165) is 19.6 Å². The molecular formula is C24H28BrNO5S. The van der Waals surface area contributed by atoms with E-state index in [2.05, 4.69) is 20.8 Å². The summed E-state index contributed by atoms with van der Waals surface area (Å²) >= 11 is 3.34. The predicted octanol–water partition coefficient (Wildman–Crippen LogP) is 4.72. The number of nitrogens with zero attached hydrogens (tertiary/aromatic N) is 1. The summed E-state index contributed by atoms with van der Waals surface area (Å²) < 4.78 is 37.5. The summed E-state index contributed by atoms with van der Waals surface area (Å²) in [6.45, 7) is 2.95. The largest absolute Gasteiger partial charge is 0.495 e. The lowest BCUT2D eigenvalue weighted by Gasteiger charge is -2.24. The van der Waals surface area contributed by atoms with E-state index in [9.17, 15) is 13.2 Å². The third-order valence-electron chi connectivity index (χ3n) is 5.50. The highest BCUT2D eigenvalue weighted by atomic mass is 79.9. The van der Waals surface area contributed by atoms with Crippen molar-refractivity contribution in [2.75, 3.05) is 33.9 Å². The van der Waals surface area contributed by atoms with Gasteiger partial charge in [-0.15, -0.1) is 0 Å². The summed E-state index contributed by atoms with van der Waals surface area (Å²) in [4.78, 5) is 15.0. The Morgan fingerprint density at radius 3 is 2.50 bits per heavy atom. The van der Waals surface area contributed by atoms with Crippen LogP contribution < -0.4 is 4.74 Å². The Balaban J connectivity index is 1.90. The molecule has 1 heterocycles. The molecule has 0 aromatic heterocycles. The van der Waals surface area contributed by atoms with Gasteiger partial charge in [0.1, 0.15) is 11.3 Å². The number of likely N-dealkylation sites (tertiary alicyclic amines) is 1. The summed E-state index contributed by atoms with van der Waals surface area (Å²) in [5.74, 6) is -0.750. The van der Waals surface area contributed by atoms with Crippen molar-refractivity contribution in [3.8, 4) is 5.75 Å². The Morgan fingerprint density at radius 2 is 1.81 bits per heavy atom. The fourth-order valence-electron chi connectivity index (χ4n) is 3.90. The summed E-state index contributed by atoms with van der Waals surface area (Å²) in [5.41, 5.74) is 1.06. The molecule has 32 heavy (non-hydrogen) atoms. The molecule has 1 saturated heterocycles. The van der Waals surface area contributed by atoms with Gasteiger partial charge in [-0.3, -0.25) is 4.90 Å². The van der Waals surface area contributed by atoms with Crippen molar-refractivity contribution in [3.05, 3.63) is 63.6 Å². The number of methoxy groups -OCH3 is 2. The SMILES string of the molecule is COC(=O)c1c(CS(=O)(=O)c2ccccc2/C=C\CN2CCCCC2)ccc(Br)c1OC. The highest BCUT2D eigenvalue weighted by molar-refractivity contribution is 9.10. The van der Waals surface area contributed by atoms with Crippen LogP contribution in [-0.2, 0) is 20.3 Å². The molecule has 0 N–H and O–H groups in total. The molecule has 0 radical (unpaired) electrons. The number of hydrogen-bond acceptors (Lipinski definition) is 6. The number of carbonyl (C=O) groups excluding carboxylic acids is 1. The normalized spacial score (nSPS) is 15.1. The smallest absolute Gasteiger partial charge is 0.342 e. The molecule has 6 nitrogen and oxygen atoms in total. The van der Waals surface area contributed by atoms with Crippen LogP contribution in [0.5, 0.6) is 5.75 Å². The van der Waals surface area contributed by atoms with Crippen molar-refractivity contribution in [2.45, 2.75) is 29.9 Å². The summed E-state index contributed by atoms with van der Waals surface area (Å²) in [6, 6.07) is 10.2. The van der Waals surface area contributed by atoms with E-state index < -0.39 is 15.8 Å². The van der Waals surface area contributed by atoms with E-state index in [4.69, 9.17) is 9.47 Å². The zero-order valence-electron chi connectivity index (χ0n) is 18.3. The van der Waals surface area contributed by atoms with Gasteiger partial charge in [0, 0.05) is 6.54 Å². The number of piperidine rings is 1. The van der Waals surface area contributed by atoms with Crippen LogP contribution in [0, 0.1) is 0 Å². The average Bonchev–Trinajstić information content (AvgIpc) is 2.80. The van der Waals surface area contributed by atoms with Gasteiger partial charge in [-0.05, 0) is 65.1 Å². The van der Waals surface area contributed by atoms with Crippen LogP contribution in [0.15, 0.2) is 51.8 Å². The minimum atomic E-state index is -3.74. The van der Waals surface area contributed by atoms with Crippen molar-refractivity contribution in [1.29, 1.82) is 0 Å². The van der Waals surface area contributed by atoms with Crippen molar-refractivity contribution >= 4 is 37.8 Å². The lowest BCUT2D eigenvalue weighted by molar-refractivity contribution is 0.0596. The molecule has 0 bridgehead atoms. The molecule has 0 saturated carbocycles. The predicted molar refractivity (Wildman–Crippen MR) is 129 cm³/mol. The quantitative estimate of drug-likeness (QED) is 0.468. The topological polar surface area (TPSA) is 72.9 Å². The molecule has 0 atom stereocenters. The van der Waals surface area contributed by atoms with E-state index >= 15 is 0 Å². The lowest BCUT2D eigenvalue weighted by atomic mass is 10.1. The second kappa shape index (κ2) is 11.1. The Bertz CT molecular complexity index is 1090. The van der Waals surface area contributed by atoms with Crippen LogP contribution >= 0.6 is 15.9 Å². The van der Waals surface area contributed by atoms with Gasteiger partial charge in [0.15, 0.2) is 9.84 Å². The average molecular weight is 522 g/mol. The molecule has 2 aromatic rings. The van der Waals surface area contributed by atoms with Gasteiger partial charge in [0.05, 0.1) is 29.3 Å². The zero-order chi connectivity index (χ0) is 23.1. The van der Waals surface area contributed by atoms with Crippen LogP contribution in [0.4, 0.5) is 0 Å². The molecule has 0 amide bonds. The van der Waals surface area contributed by atoms with E-state index in [1.54, 1.807) is 30.3 Å². The fourth-order valence-corrected chi connectivity index (χ4v) is 5.98. The lowest BCUT2D eigenvalue weighted by Crippen LogP contribution is -2.29. The number of rotatable bonds is 8. The first-order valence-electron chi connectivity index (χ1n) is 10.5. The van der Waals surface area contributed by atoms with Crippen molar-refractivity contribution in [3.63, 3.8) is 0 Å². The van der Waals surface area contributed by atoms with Gasteiger partial charge in [-0.1, -0.05) is 42.8 Å². The first kappa shape index (κ1) is 24.5.